The molecular formula is C12H14ClFOS. The van der Waals surface area contributed by atoms with Crippen LogP contribution in [0.2, 0.25) is 5.02 Å². The maximum absolute atomic E-state index is 13.0. The molecule has 0 unspecified atom stereocenters. The molecule has 0 N–H and O–H groups in total. The van der Waals surface area contributed by atoms with Crippen LogP contribution in [0.5, 0.6) is 0 Å². The molecule has 1 rings (SSSR count). The van der Waals surface area contributed by atoms with E-state index in [1.807, 2.05) is 20.8 Å². The molecule has 0 spiro atoms. The molecule has 0 saturated heterocycles. The third-order valence-electron chi connectivity index (χ3n) is 1.87. The summed E-state index contributed by atoms with van der Waals surface area (Å²) in [4.78, 5) is 11.8. The topological polar surface area (TPSA) is 17.1 Å². The van der Waals surface area contributed by atoms with Crippen LogP contribution in [-0.4, -0.2) is 16.3 Å². The molecule has 0 saturated carbocycles. The zero-order valence-electron chi connectivity index (χ0n) is 9.51. The van der Waals surface area contributed by atoms with Crippen molar-refractivity contribution in [2.75, 3.05) is 5.75 Å². The van der Waals surface area contributed by atoms with Crippen molar-refractivity contribution in [1.82, 2.24) is 0 Å². The van der Waals surface area contributed by atoms with Crippen molar-refractivity contribution in [3.8, 4) is 0 Å². The summed E-state index contributed by atoms with van der Waals surface area (Å²) in [5.74, 6) is -0.259. The lowest BCUT2D eigenvalue weighted by Gasteiger charge is -2.16. The number of thioether (sulfide) groups is 1. The van der Waals surface area contributed by atoms with Gasteiger partial charge in [0.05, 0.1) is 10.8 Å². The van der Waals surface area contributed by atoms with Crippen LogP contribution >= 0.6 is 23.4 Å². The maximum atomic E-state index is 13.0. The number of halogens is 2. The zero-order valence-corrected chi connectivity index (χ0v) is 11.1. The largest absolute Gasteiger partial charge is 0.293 e. The van der Waals surface area contributed by atoms with Crippen LogP contribution < -0.4 is 0 Å². The predicted molar refractivity (Wildman–Crippen MR) is 68.0 cm³/mol. The molecule has 0 aromatic heterocycles. The van der Waals surface area contributed by atoms with Crippen molar-refractivity contribution < 1.29 is 9.18 Å². The number of benzene rings is 1. The van der Waals surface area contributed by atoms with Gasteiger partial charge < -0.3 is 0 Å². The van der Waals surface area contributed by atoms with Crippen LogP contribution in [0.15, 0.2) is 18.2 Å². The summed E-state index contributed by atoms with van der Waals surface area (Å²) in [6.45, 7) is 6.08. The number of carbonyl (C=O) groups excluding carboxylic acids is 1. The highest BCUT2D eigenvalue weighted by Gasteiger charge is 2.16. The number of hydrogen-bond acceptors (Lipinski definition) is 2. The van der Waals surface area contributed by atoms with Crippen LogP contribution in [0.4, 0.5) is 4.39 Å². The Bertz CT molecular complexity index is 398. The van der Waals surface area contributed by atoms with Gasteiger partial charge in [0, 0.05) is 10.3 Å². The van der Waals surface area contributed by atoms with Crippen molar-refractivity contribution in [2.45, 2.75) is 25.5 Å². The van der Waals surface area contributed by atoms with E-state index in [1.165, 1.54) is 30.0 Å². The van der Waals surface area contributed by atoms with E-state index >= 15 is 0 Å². The molecule has 0 bridgehead atoms. The van der Waals surface area contributed by atoms with Crippen LogP contribution in [0.3, 0.4) is 0 Å². The van der Waals surface area contributed by atoms with Crippen molar-refractivity contribution in [2.24, 2.45) is 0 Å². The summed E-state index contributed by atoms with van der Waals surface area (Å²) in [5.41, 5.74) is 0.262. The highest BCUT2D eigenvalue weighted by molar-refractivity contribution is 8.01. The van der Waals surface area contributed by atoms with E-state index in [2.05, 4.69) is 0 Å². The molecule has 0 amide bonds. The monoisotopic (exact) mass is 260 g/mol. The SMILES string of the molecule is CC(C)(C)SCC(=O)c1cc(F)ccc1Cl. The lowest BCUT2D eigenvalue weighted by atomic mass is 10.1. The minimum absolute atomic E-state index is 0.00939. The molecular weight excluding hydrogens is 247 g/mol. The maximum Gasteiger partial charge on any atom is 0.174 e. The first-order valence-electron chi connectivity index (χ1n) is 4.92. The predicted octanol–water partition coefficient (Wildman–Crippen LogP) is 4.19. The minimum Gasteiger partial charge on any atom is -0.293 e. The summed E-state index contributed by atoms with van der Waals surface area (Å²) in [7, 11) is 0. The number of Topliss-reactive ketones (excluding diaryl/α,β-unsaturated/α-hetero) is 1. The first-order chi connectivity index (χ1) is 7.29. The van der Waals surface area contributed by atoms with E-state index < -0.39 is 5.82 Å². The van der Waals surface area contributed by atoms with Crippen LogP contribution in [0, 0.1) is 5.82 Å². The van der Waals surface area contributed by atoms with Gasteiger partial charge in [-0.15, -0.1) is 11.8 Å². The van der Waals surface area contributed by atoms with Gasteiger partial charge in [-0.25, -0.2) is 4.39 Å². The van der Waals surface area contributed by atoms with Crippen molar-refractivity contribution >= 4 is 29.1 Å². The second-order valence-corrected chi connectivity index (χ2v) is 6.66. The first-order valence-corrected chi connectivity index (χ1v) is 6.28. The van der Waals surface area contributed by atoms with Gasteiger partial charge in [0.2, 0.25) is 0 Å². The van der Waals surface area contributed by atoms with Gasteiger partial charge in [0.15, 0.2) is 5.78 Å². The van der Waals surface area contributed by atoms with E-state index in [4.69, 9.17) is 11.6 Å². The summed E-state index contributed by atoms with van der Waals surface area (Å²) in [6, 6.07) is 3.84. The van der Waals surface area contributed by atoms with Crippen molar-refractivity contribution in [3.05, 3.63) is 34.6 Å². The molecule has 1 aromatic rings. The smallest absolute Gasteiger partial charge is 0.174 e. The van der Waals surface area contributed by atoms with Gasteiger partial charge >= 0.3 is 0 Å². The van der Waals surface area contributed by atoms with Gasteiger partial charge in [0.1, 0.15) is 5.82 Å². The molecule has 0 aliphatic heterocycles. The second-order valence-electron chi connectivity index (χ2n) is 4.45. The number of carbonyl (C=O) groups is 1. The van der Waals surface area contributed by atoms with Crippen molar-refractivity contribution in [1.29, 1.82) is 0 Å². The molecule has 16 heavy (non-hydrogen) atoms. The lowest BCUT2D eigenvalue weighted by molar-refractivity contribution is 0.102. The Kier molecular flexibility index (Phi) is 4.39. The Morgan fingerprint density at radius 3 is 2.62 bits per heavy atom. The lowest BCUT2D eigenvalue weighted by Crippen LogP contribution is -2.13. The molecule has 0 atom stereocenters. The molecule has 4 heteroatoms. The first kappa shape index (κ1) is 13.5. The van der Waals surface area contributed by atoms with E-state index in [9.17, 15) is 9.18 Å². The molecule has 0 heterocycles. The molecule has 0 aliphatic rings. The number of ketones is 1. The normalized spacial score (nSPS) is 11.6. The fourth-order valence-electron chi connectivity index (χ4n) is 1.07. The molecule has 0 fully saturated rings. The Morgan fingerprint density at radius 1 is 1.44 bits per heavy atom. The summed E-state index contributed by atoms with van der Waals surface area (Å²) >= 11 is 7.36. The van der Waals surface area contributed by atoms with E-state index in [0.717, 1.165) is 0 Å². The zero-order chi connectivity index (χ0) is 12.3. The van der Waals surface area contributed by atoms with Gasteiger partial charge in [-0.3, -0.25) is 4.79 Å². The molecule has 0 aliphatic carbocycles. The van der Waals surface area contributed by atoms with Crippen LogP contribution in [0.25, 0.3) is 0 Å². The van der Waals surface area contributed by atoms with Gasteiger partial charge in [-0.2, -0.15) is 0 Å². The number of rotatable bonds is 3. The van der Waals surface area contributed by atoms with Crippen LogP contribution in [0.1, 0.15) is 31.1 Å². The van der Waals surface area contributed by atoms with E-state index in [1.54, 1.807) is 0 Å². The van der Waals surface area contributed by atoms with Gasteiger partial charge in [0.25, 0.3) is 0 Å². The van der Waals surface area contributed by atoms with Crippen LogP contribution in [-0.2, 0) is 0 Å². The van der Waals surface area contributed by atoms with Crippen molar-refractivity contribution in [3.63, 3.8) is 0 Å². The standard InChI is InChI=1S/C12H14ClFOS/c1-12(2,3)16-7-11(15)9-6-8(14)4-5-10(9)13/h4-6H,7H2,1-3H3. The molecule has 1 nitrogen and oxygen atoms in total. The van der Waals surface area contributed by atoms with E-state index in [-0.39, 0.29) is 16.1 Å². The molecule has 88 valence electrons. The quantitative estimate of drug-likeness (QED) is 0.758. The Balaban J connectivity index is 2.77. The van der Waals surface area contributed by atoms with E-state index in [0.29, 0.717) is 10.8 Å². The second kappa shape index (κ2) is 5.19. The minimum atomic E-state index is -0.437. The Labute approximate surface area is 104 Å². The third-order valence-corrected chi connectivity index (χ3v) is 3.47. The molecule has 0 radical (unpaired) electrons. The highest BCUT2D eigenvalue weighted by atomic mass is 35.5. The fourth-order valence-corrected chi connectivity index (χ4v) is 2.01. The average molecular weight is 261 g/mol. The highest BCUT2D eigenvalue weighted by Crippen LogP contribution is 2.26. The molecule has 1 aromatic carbocycles. The average Bonchev–Trinajstić information content (AvgIpc) is 2.17. The third kappa shape index (κ3) is 4.14. The summed E-state index contributed by atoms with van der Waals surface area (Å²) in [5, 5.41) is 0.306. The number of hydrogen-bond donors (Lipinski definition) is 0. The summed E-state index contributed by atoms with van der Waals surface area (Å²) < 4.78 is 13.0. The van der Waals surface area contributed by atoms with Gasteiger partial charge in [-0.05, 0) is 18.2 Å². The summed E-state index contributed by atoms with van der Waals surface area (Å²) in [6.07, 6.45) is 0. The Hall–Kier alpha value is -0.540. The Morgan fingerprint density at radius 2 is 2.06 bits per heavy atom. The fraction of sp³-hybridized carbons (Fsp3) is 0.417. The van der Waals surface area contributed by atoms with Gasteiger partial charge in [-0.1, -0.05) is 32.4 Å².